The Balaban J connectivity index is 3.10. The summed E-state index contributed by atoms with van der Waals surface area (Å²) in [6.45, 7) is 3.81. The lowest BCUT2D eigenvalue weighted by Crippen LogP contribution is -2.00. The van der Waals surface area contributed by atoms with E-state index in [-0.39, 0.29) is 6.10 Å². The first-order valence-corrected chi connectivity index (χ1v) is 5.61. The van der Waals surface area contributed by atoms with E-state index in [1.165, 1.54) is 0 Å². The van der Waals surface area contributed by atoms with E-state index in [4.69, 9.17) is 19.0 Å². The quantitative estimate of drug-likeness (QED) is 0.577. The van der Waals surface area contributed by atoms with Crippen LogP contribution < -0.4 is 14.2 Å². The smallest absolute Gasteiger partial charge is 0.135 e. The van der Waals surface area contributed by atoms with Crippen molar-refractivity contribution in [3.63, 3.8) is 0 Å². The second-order valence-corrected chi connectivity index (χ2v) is 3.83. The molecule has 0 aliphatic heterocycles. The molecule has 18 heavy (non-hydrogen) atoms. The summed E-state index contributed by atoms with van der Waals surface area (Å²) in [4.78, 5) is 5.13. The van der Waals surface area contributed by atoms with Crippen molar-refractivity contribution in [3.05, 3.63) is 17.7 Å². The van der Waals surface area contributed by atoms with Gasteiger partial charge in [0.2, 0.25) is 0 Å². The molecule has 0 unspecified atom stereocenters. The van der Waals surface area contributed by atoms with Gasteiger partial charge < -0.3 is 19.0 Å². The number of oxime groups is 1. The van der Waals surface area contributed by atoms with Crippen LogP contribution in [0.5, 0.6) is 17.2 Å². The summed E-state index contributed by atoms with van der Waals surface area (Å²) in [7, 11) is 4.74. The molecule has 0 fully saturated rings. The van der Waals surface area contributed by atoms with Crippen LogP contribution in [0.25, 0.3) is 0 Å². The summed E-state index contributed by atoms with van der Waals surface area (Å²) < 4.78 is 15.7. The van der Waals surface area contributed by atoms with Gasteiger partial charge in [-0.15, -0.1) is 0 Å². The fourth-order valence-corrected chi connectivity index (χ4v) is 1.36. The summed E-state index contributed by atoms with van der Waals surface area (Å²) in [5.41, 5.74) is 0.710. The summed E-state index contributed by atoms with van der Waals surface area (Å²) in [5.74, 6) is 1.88. The van der Waals surface area contributed by atoms with Gasteiger partial charge in [-0.25, -0.2) is 0 Å². The number of methoxy groups -OCH3 is 3. The Morgan fingerprint density at radius 1 is 1.00 bits per heavy atom. The maximum atomic E-state index is 5.28. The Labute approximate surface area is 107 Å². The van der Waals surface area contributed by atoms with Gasteiger partial charge in [-0.1, -0.05) is 5.16 Å². The molecule has 100 valence electrons. The summed E-state index contributed by atoms with van der Waals surface area (Å²) in [6.07, 6.45) is 1.59. The van der Waals surface area contributed by atoms with E-state index in [1.54, 1.807) is 39.7 Å². The van der Waals surface area contributed by atoms with E-state index in [0.717, 1.165) is 0 Å². The molecule has 1 aromatic rings. The van der Waals surface area contributed by atoms with Crippen LogP contribution in [-0.4, -0.2) is 33.6 Å². The van der Waals surface area contributed by atoms with Gasteiger partial charge in [0.1, 0.15) is 23.4 Å². The van der Waals surface area contributed by atoms with Crippen molar-refractivity contribution in [2.45, 2.75) is 20.0 Å². The third-order valence-electron chi connectivity index (χ3n) is 2.21. The van der Waals surface area contributed by atoms with Crippen molar-refractivity contribution in [3.8, 4) is 17.2 Å². The van der Waals surface area contributed by atoms with Crippen molar-refractivity contribution in [2.75, 3.05) is 21.3 Å². The number of nitrogens with zero attached hydrogens (tertiary/aromatic N) is 1. The van der Waals surface area contributed by atoms with Crippen LogP contribution >= 0.6 is 0 Å². The van der Waals surface area contributed by atoms with Gasteiger partial charge in [0.25, 0.3) is 0 Å². The summed E-state index contributed by atoms with van der Waals surface area (Å²) in [5, 5.41) is 3.89. The van der Waals surface area contributed by atoms with Crippen molar-refractivity contribution in [1.29, 1.82) is 0 Å². The lowest BCUT2D eigenvalue weighted by Gasteiger charge is -2.12. The van der Waals surface area contributed by atoms with Crippen LogP contribution in [0.2, 0.25) is 0 Å². The van der Waals surface area contributed by atoms with Crippen LogP contribution in [0.1, 0.15) is 19.4 Å². The van der Waals surface area contributed by atoms with Gasteiger partial charge in [-0.2, -0.15) is 0 Å². The van der Waals surface area contributed by atoms with Gasteiger partial charge >= 0.3 is 0 Å². The van der Waals surface area contributed by atoms with Crippen molar-refractivity contribution >= 4 is 6.21 Å². The molecule has 0 aliphatic rings. The highest BCUT2D eigenvalue weighted by Crippen LogP contribution is 2.32. The number of rotatable bonds is 6. The Hall–Kier alpha value is -1.91. The second-order valence-electron chi connectivity index (χ2n) is 3.83. The number of hydrogen-bond donors (Lipinski definition) is 0. The zero-order chi connectivity index (χ0) is 13.5. The molecule has 0 radical (unpaired) electrons. The highest BCUT2D eigenvalue weighted by molar-refractivity contribution is 5.87. The SMILES string of the molecule is COc1cc(OC)c(/C=N\OC(C)C)c(OC)c1. The molecule has 0 N–H and O–H groups in total. The highest BCUT2D eigenvalue weighted by atomic mass is 16.6. The van der Waals surface area contributed by atoms with Crippen LogP contribution in [0.4, 0.5) is 0 Å². The Kier molecular flexibility index (Phi) is 5.30. The zero-order valence-corrected chi connectivity index (χ0v) is 11.4. The minimum atomic E-state index is 0.0245. The molecule has 5 heteroatoms. The molecule has 0 amide bonds. The minimum absolute atomic E-state index is 0.0245. The lowest BCUT2D eigenvalue weighted by molar-refractivity contribution is 0.0873. The predicted molar refractivity (Wildman–Crippen MR) is 69.9 cm³/mol. The average molecular weight is 253 g/mol. The maximum Gasteiger partial charge on any atom is 0.135 e. The molecule has 0 saturated carbocycles. The first-order valence-electron chi connectivity index (χ1n) is 5.61. The Bertz CT molecular complexity index is 390. The van der Waals surface area contributed by atoms with Crippen LogP contribution in [0.15, 0.2) is 17.3 Å². The van der Waals surface area contributed by atoms with E-state index >= 15 is 0 Å². The van der Waals surface area contributed by atoms with Gasteiger partial charge in [-0.05, 0) is 13.8 Å². The second kappa shape index (κ2) is 6.74. The van der Waals surface area contributed by atoms with Crippen LogP contribution in [-0.2, 0) is 4.84 Å². The largest absolute Gasteiger partial charge is 0.496 e. The van der Waals surface area contributed by atoms with E-state index in [9.17, 15) is 0 Å². The third kappa shape index (κ3) is 3.55. The van der Waals surface area contributed by atoms with E-state index in [0.29, 0.717) is 22.8 Å². The standard InChI is InChI=1S/C13H19NO4/c1-9(2)18-14-8-11-12(16-4)6-10(15-3)7-13(11)17-5/h6-9H,1-5H3/b14-8-. The molecule has 0 saturated heterocycles. The van der Waals surface area contributed by atoms with Crippen LogP contribution in [0, 0.1) is 0 Å². The fourth-order valence-electron chi connectivity index (χ4n) is 1.36. The lowest BCUT2D eigenvalue weighted by atomic mass is 10.2. The molecule has 0 heterocycles. The van der Waals surface area contributed by atoms with Gasteiger partial charge in [0.15, 0.2) is 0 Å². The average Bonchev–Trinajstić information content (AvgIpc) is 2.37. The normalized spacial score (nSPS) is 10.8. The molecule has 1 rings (SSSR count). The molecular weight excluding hydrogens is 234 g/mol. The monoisotopic (exact) mass is 253 g/mol. The zero-order valence-electron chi connectivity index (χ0n) is 11.4. The topological polar surface area (TPSA) is 49.3 Å². The van der Waals surface area contributed by atoms with E-state index in [1.807, 2.05) is 13.8 Å². The van der Waals surface area contributed by atoms with E-state index < -0.39 is 0 Å². The molecule has 0 bridgehead atoms. The van der Waals surface area contributed by atoms with Crippen molar-refractivity contribution < 1.29 is 19.0 Å². The molecule has 0 spiro atoms. The Morgan fingerprint density at radius 3 is 1.94 bits per heavy atom. The molecule has 5 nitrogen and oxygen atoms in total. The highest BCUT2D eigenvalue weighted by Gasteiger charge is 2.11. The number of ether oxygens (including phenoxy) is 3. The summed E-state index contributed by atoms with van der Waals surface area (Å²) >= 11 is 0. The molecule has 0 atom stereocenters. The van der Waals surface area contributed by atoms with Gasteiger partial charge in [0.05, 0.1) is 33.1 Å². The Morgan fingerprint density at radius 2 is 1.56 bits per heavy atom. The van der Waals surface area contributed by atoms with Gasteiger partial charge in [-0.3, -0.25) is 0 Å². The number of benzene rings is 1. The van der Waals surface area contributed by atoms with Crippen molar-refractivity contribution in [2.24, 2.45) is 5.16 Å². The number of hydrogen-bond acceptors (Lipinski definition) is 5. The first kappa shape index (κ1) is 14.2. The first-order chi connectivity index (χ1) is 8.62. The minimum Gasteiger partial charge on any atom is -0.496 e. The predicted octanol–water partition coefficient (Wildman–Crippen LogP) is 2.47. The maximum absolute atomic E-state index is 5.28. The van der Waals surface area contributed by atoms with Crippen LogP contribution in [0.3, 0.4) is 0 Å². The van der Waals surface area contributed by atoms with Gasteiger partial charge in [0, 0.05) is 12.1 Å². The fraction of sp³-hybridized carbons (Fsp3) is 0.462. The molecule has 1 aromatic carbocycles. The van der Waals surface area contributed by atoms with E-state index in [2.05, 4.69) is 5.16 Å². The molecular formula is C13H19NO4. The third-order valence-corrected chi connectivity index (χ3v) is 2.21. The molecule has 0 aliphatic carbocycles. The summed E-state index contributed by atoms with van der Waals surface area (Å²) in [6, 6.07) is 3.53. The van der Waals surface area contributed by atoms with Crippen molar-refractivity contribution in [1.82, 2.24) is 0 Å². The molecule has 0 aromatic heterocycles.